The molecule has 0 aliphatic rings. The standard InChI is InChI=1S/C10H15NO/c1-7-9(8(2)11)5-4-6-10(7)12-3/h4-6,8H,11H2,1-3H3. The third-order valence-corrected chi connectivity index (χ3v) is 2.04. The van der Waals surface area contributed by atoms with E-state index >= 15 is 0 Å². The van der Waals surface area contributed by atoms with Gasteiger partial charge in [0.25, 0.3) is 0 Å². The lowest BCUT2D eigenvalue weighted by molar-refractivity contribution is 0.410. The van der Waals surface area contributed by atoms with Crippen LogP contribution < -0.4 is 10.5 Å². The zero-order chi connectivity index (χ0) is 9.14. The Kier molecular flexibility index (Phi) is 2.71. The Labute approximate surface area is 73.3 Å². The van der Waals surface area contributed by atoms with Gasteiger partial charge in [0.05, 0.1) is 7.11 Å². The van der Waals surface area contributed by atoms with Gasteiger partial charge in [-0.2, -0.15) is 0 Å². The fourth-order valence-electron chi connectivity index (χ4n) is 1.35. The molecular weight excluding hydrogens is 150 g/mol. The Morgan fingerprint density at radius 2 is 2.08 bits per heavy atom. The van der Waals surface area contributed by atoms with Crippen molar-refractivity contribution >= 4 is 0 Å². The number of hydrogen-bond donors (Lipinski definition) is 1. The Morgan fingerprint density at radius 1 is 1.42 bits per heavy atom. The summed E-state index contributed by atoms with van der Waals surface area (Å²) in [5.41, 5.74) is 8.06. The van der Waals surface area contributed by atoms with Crippen molar-refractivity contribution < 1.29 is 4.74 Å². The van der Waals surface area contributed by atoms with Crippen LogP contribution in [0.1, 0.15) is 24.1 Å². The fraction of sp³-hybridized carbons (Fsp3) is 0.400. The smallest absolute Gasteiger partial charge is 0.122 e. The van der Waals surface area contributed by atoms with Gasteiger partial charge in [0, 0.05) is 6.04 Å². The highest BCUT2D eigenvalue weighted by molar-refractivity contribution is 5.40. The van der Waals surface area contributed by atoms with E-state index in [0.717, 1.165) is 16.9 Å². The molecule has 0 saturated heterocycles. The van der Waals surface area contributed by atoms with Crippen LogP contribution >= 0.6 is 0 Å². The van der Waals surface area contributed by atoms with E-state index in [1.807, 2.05) is 32.0 Å². The summed E-state index contributed by atoms with van der Waals surface area (Å²) in [5.74, 6) is 0.907. The van der Waals surface area contributed by atoms with Crippen LogP contribution in [0.2, 0.25) is 0 Å². The summed E-state index contributed by atoms with van der Waals surface area (Å²) >= 11 is 0. The van der Waals surface area contributed by atoms with Crippen molar-refractivity contribution in [1.82, 2.24) is 0 Å². The molecule has 0 aliphatic carbocycles. The second-order valence-corrected chi connectivity index (χ2v) is 2.96. The third-order valence-electron chi connectivity index (χ3n) is 2.04. The summed E-state index contributed by atoms with van der Waals surface area (Å²) in [4.78, 5) is 0. The summed E-state index contributed by atoms with van der Waals surface area (Å²) in [7, 11) is 1.67. The topological polar surface area (TPSA) is 35.2 Å². The lowest BCUT2D eigenvalue weighted by Crippen LogP contribution is -2.07. The van der Waals surface area contributed by atoms with E-state index in [9.17, 15) is 0 Å². The average molecular weight is 165 g/mol. The van der Waals surface area contributed by atoms with Crippen LogP contribution in [0.3, 0.4) is 0 Å². The highest BCUT2D eigenvalue weighted by atomic mass is 16.5. The van der Waals surface area contributed by atoms with Crippen molar-refractivity contribution in [3.63, 3.8) is 0 Å². The summed E-state index contributed by atoms with van der Waals surface area (Å²) < 4.78 is 5.18. The summed E-state index contributed by atoms with van der Waals surface area (Å²) in [5, 5.41) is 0. The van der Waals surface area contributed by atoms with E-state index < -0.39 is 0 Å². The van der Waals surface area contributed by atoms with Crippen LogP contribution in [0.15, 0.2) is 18.2 Å². The molecule has 0 heterocycles. The molecule has 0 amide bonds. The molecule has 0 radical (unpaired) electrons. The van der Waals surface area contributed by atoms with E-state index in [-0.39, 0.29) is 6.04 Å². The normalized spacial score (nSPS) is 12.7. The van der Waals surface area contributed by atoms with E-state index in [2.05, 4.69) is 0 Å². The first-order valence-corrected chi connectivity index (χ1v) is 4.06. The Bertz CT molecular complexity index is 269. The molecule has 2 heteroatoms. The van der Waals surface area contributed by atoms with Gasteiger partial charge in [0.2, 0.25) is 0 Å². The number of methoxy groups -OCH3 is 1. The quantitative estimate of drug-likeness (QED) is 0.727. The van der Waals surface area contributed by atoms with Crippen molar-refractivity contribution in [1.29, 1.82) is 0 Å². The van der Waals surface area contributed by atoms with Crippen molar-refractivity contribution in [2.45, 2.75) is 19.9 Å². The first-order chi connectivity index (χ1) is 5.66. The first-order valence-electron chi connectivity index (χ1n) is 4.06. The maximum atomic E-state index is 5.78. The minimum absolute atomic E-state index is 0.0695. The Morgan fingerprint density at radius 3 is 2.58 bits per heavy atom. The molecule has 0 spiro atoms. The Balaban J connectivity index is 3.14. The molecule has 66 valence electrons. The predicted octanol–water partition coefficient (Wildman–Crippen LogP) is 2.02. The van der Waals surface area contributed by atoms with Crippen molar-refractivity contribution in [3.8, 4) is 5.75 Å². The molecule has 1 rings (SSSR count). The number of benzene rings is 1. The number of rotatable bonds is 2. The Hall–Kier alpha value is -1.02. The number of hydrogen-bond acceptors (Lipinski definition) is 2. The van der Waals surface area contributed by atoms with Crippen LogP contribution in [0.5, 0.6) is 5.75 Å². The zero-order valence-corrected chi connectivity index (χ0v) is 7.79. The van der Waals surface area contributed by atoms with Gasteiger partial charge in [-0.1, -0.05) is 12.1 Å². The number of ether oxygens (including phenoxy) is 1. The fourth-order valence-corrected chi connectivity index (χ4v) is 1.35. The van der Waals surface area contributed by atoms with E-state index in [4.69, 9.17) is 10.5 Å². The van der Waals surface area contributed by atoms with Crippen LogP contribution in [-0.2, 0) is 0 Å². The molecule has 2 nitrogen and oxygen atoms in total. The van der Waals surface area contributed by atoms with E-state index in [0.29, 0.717) is 0 Å². The maximum Gasteiger partial charge on any atom is 0.122 e. The van der Waals surface area contributed by atoms with Crippen molar-refractivity contribution in [2.24, 2.45) is 5.73 Å². The second kappa shape index (κ2) is 3.59. The molecule has 0 aliphatic heterocycles. The van der Waals surface area contributed by atoms with Gasteiger partial charge in [-0.05, 0) is 31.0 Å². The monoisotopic (exact) mass is 165 g/mol. The third kappa shape index (κ3) is 1.59. The highest BCUT2D eigenvalue weighted by Crippen LogP contribution is 2.24. The van der Waals surface area contributed by atoms with Crippen LogP contribution in [0.4, 0.5) is 0 Å². The van der Waals surface area contributed by atoms with Gasteiger partial charge in [0.15, 0.2) is 0 Å². The van der Waals surface area contributed by atoms with Crippen molar-refractivity contribution in [2.75, 3.05) is 7.11 Å². The summed E-state index contributed by atoms with van der Waals surface area (Å²) in [6.07, 6.45) is 0. The number of nitrogens with two attached hydrogens (primary N) is 1. The van der Waals surface area contributed by atoms with E-state index in [1.165, 1.54) is 0 Å². The van der Waals surface area contributed by atoms with Crippen molar-refractivity contribution in [3.05, 3.63) is 29.3 Å². The molecule has 12 heavy (non-hydrogen) atoms. The molecule has 1 aromatic rings. The largest absolute Gasteiger partial charge is 0.496 e. The molecule has 1 aromatic carbocycles. The van der Waals surface area contributed by atoms with Gasteiger partial charge >= 0.3 is 0 Å². The highest BCUT2D eigenvalue weighted by Gasteiger charge is 2.06. The summed E-state index contributed by atoms with van der Waals surface area (Å²) in [6.45, 7) is 4.00. The lowest BCUT2D eigenvalue weighted by Gasteiger charge is -2.12. The van der Waals surface area contributed by atoms with Gasteiger partial charge in [-0.25, -0.2) is 0 Å². The SMILES string of the molecule is COc1cccc(C(C)N)c1C. The van der Waals surface area contributed by atoms with Gasteiger partial charge in [-0.15, -0.1) is 0 Å². The molecular formula is C10H15NO. The predicted molar refractivity (Wildman–Crippen MR) is 50.3 cm³/mol. The molecule has 0 fully saturated rings. The molecule has 2 N–H and O–H groups in total. The van der Waals surface area contributed by atoms with E-state index in [1.54, 1.807) is 7.11 Å². The minimum Gasteiger partial charge on any atom is -0.496 e. The van der Waals surface area contributed by atoms with Crippen LogP contribution in [0, 0.1) is 6.92 Å². The minimum atomic E-state index is 0.0695. The van der Waals surface area contributed by atoms with Crippen LogP contribution in [0.25, 0.3) is 0 Å². The van der Waals surface area contributed by atoms with Crippen LogP contribution in [-0.4, -0.2) is 7.11 Å². The molecule has 0 bridgehead atoms. The lowest BCUT2D eigenvalue weighted by atomic mass is 10.0. The molecule has 0 aromatic heterocycles. The molecule has 0 saturated carbocycles. The molecule has 1 atom stereocenters. The first kappa shape index (κ1) is 9.07. The zero-order valence-electron chi connectivity index (χ0n) is 7.79. The summed E-state index contributed by atoms with van der Waals surface area (Å²) in [6, 6.07) is 6.01. The average Bonchev–Trinajstić information content (AvgIpc) is 2.04. The second-order valence-electron chi connectivity index (χ2n) is 2.96. The van der Waals surface area contributed by atoms with Gasteiger partial charge < -0.3 is 10.5 Å². The molecule has 1 unspecified atom stereocenters. The van der Waals surface area contributed by atoms with Gasteiger partial charge in [-0.3, -0.25) is 0 Å². The maximum absolute atomic E-state index is 5.78. The van der Waals surface area contributed by atoms with Gasteiger partial charge in [0.1, 0.15) is 5.75 Å².